The molecular weight excluding hydrogens is 327 g/mol. The van der Waals surface area contributed by atoms with Crippen LogP contribution in [0.15, 0.2) is 18.2 Å². The molecular formula is C6H7AcN2-. The zero-order valence-corrected chi connectivity index (χ0v) is 10.0. The van der Waals surface area contributed by atoms with Crippen molar-refractivity contribution in [3.63, 3.8) is 0 Å². The van der Waals surface area contributed by atoms with Gasteiger partial charge in [-0.3, -0.25) is 0 Å². The quantitative estimate of drug-likeness (QED) is 0.716. The zero-order valence-electron chi connectivity index (χ0n) is 5.26. The van der Waals surface area contributed by atoms with Gasteiger partial charge in [0.05, 0.1) is 0 Å². The molecule has 1 aromatic rings. The normalized spacial score (nSPS) is 8.11. The van der Waals surface area contributed by atoms with Crippen LogP contribution in [0.2, 0.25) is 0 Å². The Morgan fingerprint density at radius 2 is 2.11 bits per heavy atom. The number of pyridine rings is 1. The van der Waals surface area contributed by atoms with Gasteiger partial charge in [-0.05, 0) is 6.92 Å². The molecule has 1 N–H and O–H groups in total. The smallest absolute Gasteiger partial charge is 0 e. The van der Waals surface area contributed by atoms with Crippen LogP contribution in [0.25, 0.3) is 5.73 Å². The van der Waals surface area contributed by atoms with E-state index in [9.17, 15) is 0 Å². The molecule has 1 aromatic heterocycles. The fourth-order valence-electron chi connectivity index (χ4n) is 0.543. The van der Waals surface area contributed by atoms with E-state index in [2.05, 4.69) is 4.98 Å². The van der Waals surface area contributed by atoms with Crippen LogP contribution in [0.4, 0.5) is 5.82 Å². The molecule has 3 heteroatoms. The Labute approximate surface area is 90.4 Å². The second-order valence-corrected chi connectivity index (χ2v) is 1.66. The van der Waals surface area contributed by atoms with E-state index >= 15 is 0 Å². The zero-order chi connectivity index (χ0) is 5.98. The van der Waals surface area contributed by atoms with Crippen molar-refractivity contribution in [3.05, 3.63) is 29.6 Å². The van der Waals surface area contributed by atoms with Crippen molar-refractivity contribution < 1.29 is 44.1 Å². The summed E-state index contributed by atoms with van der Waals surface area (Å²) in [4.78, 5) is 3.84. The van der Waals surface area contributed by atoms with Crippen molar-refractivity contribution in [1.29, 1.82) is 0 Å². The van der Waals surface area contributed by atoms with Crippen LogP contribution in [0.5, 0.6) is 0 Å². The minimum atomic E-state index is 0. The molecule has 0 unspecified atom stereocenters. The third-order valence-corrected chi connectivity index (χ3v) is 0.888. The van der Waals surface area contributed by atoms with Gasteiger partial charge in [-0.2, -0.15) is 0 Å². The molecule has 0 saturated carbocycles. The second-order valence-electron chi connectivity index (χ2n) is 1.66. The molecule has 0 atom stereocenters. The van der Waals surface area contributed by atoms with E-state index in [0.717, 1.165) is 5.69 Å². The van der Waals surface area contributed by atoms with Crippen LogP contribution >= 0.6 is 0 Å². The number of hydrogen-bond acceptors (Lipinski definition) is 1. The Balaban J connectivity index is 0.000000640. The first-order chi connectivity index (χ1) is 3.79. The number of nitrogens with one attached hydrogen (secondary N) is 1. The van der Waals surface area contributed by atoms with Gasteiger partial charge in [-0.1, -0.05) is 29.7 Å². The number of hydrogen-bond donors (Lipinski definition) is 0. The molecule has 0 aliphatic carbocycles. The Morgan fingerprint density at radius 3 is 2.44 bits per heavy atom. The molecule has 0 aliphatic rings. The summed E-state index contributed by atoms with van der Waals surface area (Å²) >= 11 is 0. The number of aryl methyl sites for hydroxylation is 1. The van der Waals surface area contributed by atoms with Gasteiger partial charge in [0.2, 0.25) is 0 Å². The van der Waals surface area contributed by atoms with Gasteiger partial charge in [0.25, 0.3) is 0 Å². The van der Waals surface area contributed by atoms with Crippen molar-refractivity contribution in [3.8, 4) is 0 Å². The maximum absolute atomic E-state index is 7.02. The molecule has 0 spiro atoms. The monoisotopic (exact) mass is 334 g/mol. The molecule has 1 rings (SSSR count). The predicted octanol–water partition coefficient (Wildman–Crippen LogP) is 2.07. The Morgan fingerprint density at radius 1 is 1.44 bits per heavy atom. The molecule has 45 valence electrons. The molecule has 0 aliphatic heterocycles. The SMILES string of the molecule is Cc1cccc([NH-])n1.[Ac]. The summed E-state index contributed by atoms with van der Waals surface area (Å²) in [6, 6.07) is 5.36. The molecule has 0 saturated heterocycles. The molecule has 0 fully saturated rings. The van der Waals surface area contributed by atoms with Gasteiger partial charge in [0, 0.05) is 44.1 Å². The van der Waals surface area contributed by atoms with Crippen molar-refractivity contribution >= 4 is 5.82 Å². The van der Waals surface area contributed by atoms with Crippen LogP contribution in [0.1, 0.15) is 5.69 Å². The first kappa shape index (κ1) is 9.39. The van der Waals surface area contributed by atoms with E-state index in [1.54, 1.807) is 6.07 Å². The van der Waals surface area contributed by atoms with Crippen molar-refractivity contribution in [2.45, 2.75) is 6.92 Å². The van der Waals surface area contributed by atoms with Crippen LogP contribution in [-0.2, 0) is 0 Å². The summed E-state index contributed by atoms with van der Waals surface area (Å²) in [5, 5.41) is 0. The topological polar surface area (TPSA) is 36.7 Å². The van der Waals surface area contributed by atoms with Crippen molar-refractivity contribution in [2.24, 2.45) is 0 Å². The minimum Gasteiger partial charge on any atom is -0.482 e. The third-order valence-electron chi connectivity index (χ3n) is 0.888. The molecule has 1 radical (unpaired) electrons. The summed E-state index contributed by atoms with van der Waals surface area (Å²) in [6.45, 7) is 1.87. The average Bonchev–Trinajstić information content (AvgIpc) is 1.64. The van der Waals surface area contributed by atoms with E-state index in [4.69, 9.17) is 5.73 Å². The first-order valence-corrected chi connectivity index (χ1v) is 2.44. The molecule has 0 bridgehead atoms. The molecule has 9 heavy (non-hydrogen) atoms. The predicted molar refractivity (Wildman–Crippen MR) is 33.0 cm³/mol. The summed E-state index contributed by atoms with van der Waals surface area (Å²) < 4.78 is 0. The maximum atomic E-state index is 7.02. The van der Waals surface area contributed by atoms with Gasteiger partial charge in [-0.15, -0.1) is 0 Å². The number of rotatable bonds is 0. The van der Waals surface area contributed by atoms with Crippen LogP contribution < -0.4 is 0 Å². The maximum Gasteiger partial charge on any atom is 0 e. The van der Waals surface area contributed by atoms with E-state index in [1.165, 1.54) is 0 Å². The van der Waals surface area contributed by atoms with Crippen LogP contribution in [-0.4, -0.2) is 4.98 Å². The summed E-state index contributed by atoms with van der Waals surface area (Å²) in [7, 11) is 0. The Bertz CT molecular complexity index is 171. The van der Waals surface area contributed by atoms with Gasteiger partial charge < -0.3 is 10.7 Å². The summed E-state index contributed by atoms with van der Waals surface area (Å²) in [6.07, 6.45) is 0. The molecule has 1 heterocycles. The summed E-state index contributed by atoms with van der Waals surface area (Å²) in [5.74, 6) is 0.338. The summed E-state index contributed by atoms with van der Waals surface area (Å²) in [5.41, 5.74) is 7.93. The van der Waals surface area contributed by atoms with E-state index < -0.39 is 0 Å². The fourth-order valence-corrected chi connectivity index (χ4v) is 0.543. The number of aromatic nitrogens is 1. The van der Waals surface area contributed by atoms with Gasteiger partial charge >= 0.3 is 0 Å². The Kier molecular flexibility index (Phi) is 4.43. The molecule has 2 nitrogen and oxygen atoms in total. The Hall–Kier alpha value is 0.392. The standard InChI is InChI=1S/C6H7N2.Ac/c1-5-3-2-4-6(7)8-5;/h2-4H,1H3,(H-,7,8);/q-1;. The van der Waals surface area contributed by atoms with Crippen LogP contribution in [0.3, 0.4) is 0 Å². The molecule has 0 amide bonds. The van der Waals surface area contributed by atoms with Crippen LogP contribution in [0, 0.1) is 51.0 Å². The van der Waals surface area contributed by atoms with E-state index in [-0.39, 0.29) is 44.1 Å². The third kappa shape index (κ3) is 3.17. The number of nitrogens with zero attached hydrogens (tertiary/aromatic N) is 1. The van der Waals surface area contributed by atoms with E-state index in [0.29, 0.717) is 5.82 Å². The second kappa shape index (κ2) is 4.25. The minimum absolute atomic E-state index is 0. The van der Waals surface area contributed by atoms with Gasteiger partial charge in [-0.25, -0.2) is 0 Å². The van der Waals surface area contributed by atoms with Crippen molar-refractivity contribution in [1.82, 2.24) is 4.98 Å². The largest absolute Gasteiger partial charge is 0.482 e. The van der Waals surface area contributed by atoms with E-state index in [1.807, 2.05) is 19.1 Å². The molecule has 0 aromatic carbocycles. The first-order valence-electron chi connectivity index (χ1n) is 2.44. The van der Waals surface area contributed by atoms with Gasteiger partial charge in [0.1, 0.15) is 0 Å². The van der Waals surface area contributed by atoms with Gasteiger partial charge in [0.15, 0.2) is 0 Å². The van der Waals surface area contributed by atoms with Crippen molar-refractivity contribution in [2.75, 3.05) is 0 Å². The average molecular weight is 334 g/mol. The fraction of sp³-hybridized carbons (Fsp3) is 0.167.